The highest BCUT2D eigenvalue weighted by Crippen LogP contribution is 2.19. The van der Waals surface area contributed by atoms with Crippen LogP contribution in [0.5, 0.6) is 0 Å². The van der Waals surface area contributed by atoms with Gasteiger partial charge < -0.3 is 4.57 Å². The maximum absolute atomic E-state index is 12.7. The molecule has 0 spiro atoms. The normalized spacial score (nSPS) is 11.8. The predicted molar refractivity (Wildman–Crippen MR) is 113 cm³/mol. The van der Waals surface area contributed by atoms with Crippen molar-refractivity contribution in [2.45, 2.75) is 18.0 Å². The molecule has 0 fully saturated rings. The summed E-state index contributed by atoms with van der Waals surface area (Å²) in [5.41, 5.74) is 1.98. The van der Waals surface area contributed by atoms with Gasteiger partial charge in [0, 0.05) is 23.5 Å². The van der Waals surface area contributed by atoms with Gasteiger partial charge in [-0.05, 0) is 52.7 Å². The Morgan fingerprint density at radius 3 is 2.39 bits per heavy atom. The average Bonchev–Trinajstić information content (AvgIpc) is 3.15. The highest BCUT2D eigenvalue weighted by molar-refractivity contribution is 7.89. The van der Waals surface area contributed by atoms with Gasteiger partial charge in [-0.2, -0.15) is 0 Å². The maximum Gasteiger partial charge on any atom is 0.240 e. The number of benzene rings is 3. The van der Waals surface area contributed by atoms with Crippen molar-refractivity contribution in [3.8, 4) is 0 Å². The number of nitrogens with one attached hydrogen (secondary N) is 1. The standard InChI is InChI=1S/C22H19ClN2O2S/c23-20-10-7-17(8-11-20)16-25-13-3-6-21(25)15-24-28(26,27)22-12-9-18-4-1-2-5-19(18)14-22/h1-14,24H,15-16H2. The molecule has 0 saturated carbocycles. The second-order valence-corrected chi connectivity index (χ2v) is 8.79. The number of hydrogen-bond donors (Lipinski definition) is 1. The zero-order valence-electron chi connectivity index (χ0n) is 15.0. The molecule has 0 atom stereocenters. The summed E-state index contributed by atoms with van der Waals surface area (Å²) in [5.74, 6) is 0. The van der Waals surface area contributed by atoms with E-state index in [4.69, 9.17) is 11.6 Å². The topological polar surface area (TPSA) is 51.1 Å². The molecule has 6 heteroatoms. The lowest BCUT2D eigenvalue weighted by Crippen LogP contribution is -2.24. The van der Waals surface area contributed by atoms with Gasteiger partial charge in [-0.25, -0.2) is 13.1 Å². The first-order valence-corrected chi connectivity index (χ1v) is 10.7. The molecule has 28 heavy (non-hydrogen) atoms. The molecule has 1 aromatic heterocycles. The molecule has 0 unspecified atom stereocenters. The molecule has 0 aliphatic carbocycles. The van der Waals surface area contributed by atoms with Gasteiger partial charge in [0.1, 0.15) is 0 Å². The van der Waals surface area contributed by atoms with Gasteiger partial charge in [-0.15, -0.1) is 0 Å². The summed E-state index contributed by atoms with van der Waals surface area (Å²) in [6.07, 6.45) is 1.94. The molecule has 0 saturated heterocycles. The largest absolute Gasteiger partial charge is 0.346 e. The zero-order chi connectivity index (χ0) is 19.6. The van der Waals surface area contributed by atoms with Crippen molar-refractivity contribution in [3.63, 3.8) is 0 Å². The maximum atomic E-state index is 12.7. The van der Waals surface area contributed by atoms with Crippen LogP contribution < -0.4 is 4.72 Å². The summed E-state index contributed by atoms with van der Waals surface area (Å²) in [7, 11) is -3.60. The number of nitrogens with zero attached hydrogens (tertiary/aromatic N) is 1. The SMILES string of the molecule is O=S(=O)(NCc1cccn1Cc1ccc(Cl)cc1)c1ccc2ccccc2c1. The Balaban J connectivity index is 1.50. The smallest absolute Gasteiger partial charge is 0.240 e. The highest BCUT2D eigenvalue weighted by Gasteiger charge is 2.15. The van der Waals surface area contributed by atoms with E-state index in [-0.39, 0.29) is 11.4 Å². The van der Waals surface area contributed by atoms with E-state index >= 15 is 0 Å². The molecular weight excluding hydrogens is 392 g/mol. The van der Waals surface area contributed by atoms with E-state index < -0.39 is 10.0 Å². The molecule has 0 radical (unpaired) electrons. The Hall–Kier alpha value is -2.60. The fourth-order valence-corrected chi connectivity index (χ4v) is 4.30. The van der Waals surface area contributed by atoms with Crippen LogP contribution in [-0.4, -0.2) is 13.0 Å². The second-order valence-electron chi connectivity index (χ2n) is 6.59. The Morgan fingerprint density at radius 2 is 1.61 bits per heavy atom. The average molecular weight is 411 g/mol. The van der Waals surface area contributed by atoms with Crippen molar-refractivity contribution in [1.29, 1.82) is 0 Å². The Morgan fingerprint density at radius 1 is 0.857 bits per heavy atom. The van der Waals surface area contributed by atoms with Crippen LogP contribution in [0.2, 0.25) is 5.02 Å². The van der Waals surface area contributed by atoms with E-state index in [9.17, 15) is 8.42 Å². The molecular formula is C22H19ClN2O2S. The monoisotopic (exact) mass is 410 g/mol. The van der Waals surface area contributed by atoms with Crippen LogP contribution in [0.1, 0.15) is 11.3 Å². The van der Waals surface area contributed by atoms with E-state index in [1.165, 1.54) is 0 Å². The van der Waals surface area contributed by atoms with Crippen LogP contribution in [0.3, 0.4) is 0 Å². The third kappa shape index (κ3) is 4.12. The number of aromatic nitrogens is 1. The van der Waals surface area contributed by atoms with Crippen molar-refractivity contribution in [2.75, 3.05) is 0 Å². The van der Waals surface area contributed by atoms with Gasteiger partial charge in [-0.3, -0.25) is 0 Å². The Kier molecular flexibility index (Phi) is 5.22. The molecule has 4 nitrogen and oxygen atoms in total. The fraction of sp³-hybridized carbons (Fsp3) is 0.0909. The van der Waals surface area contributed by atoms with E-state index in [0.717, 1.165) is 22.0 Å². The van der Waals surface area contributed by atoms with Crippen molar-refractivity contribution in [2.24, 2.45) is 0 Å². The lowest BCUT2D eigenvalue weighted by molar-refractivity contribution is 0.578. The van der Waals surface area contributed by atoms with Crippen LogP contribution in [0.25, 0.3) is 10.8 Å². The molecule has 0 aliphatic heterocycles. The third-order valence-electron chi connectivity index (χ3n) is 4.66. The summed E-state index contributed by atoms with van der Waals surface area (Å²) in [4.78, 5) is 0.266. The molecule has 142 valence electrons. The predicted octanol–water partition coefficient (Wildman–Crippen LogP) is 4.82. The first-order chi connectivity index (χ1) is 13.5. The van der Waals surface area contributed by atoms with Gasteiger partial charge in [0.2, 0.25) is 10.0 Å². The van der Waals surface area contributed by atoms with Crippen LogP contribution in [-0.2, 0) is 23.1 Å². The third-order valence-corrected chi connectivity index (χ3v) is 6.32. The molecule has 4 aromatic rings. The summed E-state index contributed by atoms with van der Waals surface area (Å²) in [6.45, 7) is 0.868. The molecule has 0 amide bonds. The molecule has 0 aliphatic rings. The number of halogens is 1. The van der Waals surface area contributed by atoms with E-state index in [2.05, 4.69) is 4.72 Å². The van der Waals surface area contributed by atoms with Crippen molar-refractivity contribution in [1.82, 2.24) is 9.29 Å². The van der Waals surface area contributed by atoms with Gasteiger partial charge in [0.05, 0.1) is 11.4 Å². The number of hydrogen-bond acceptors (Lipinski definition) is 2. The van der Waals surface area contributed by atoms with Crippen LogP contribution >= 0.6 is 11.6 Å². The van der Waals surface area contributed by atoms with Gasteiger partial charge in [-0.1, -0.05) is 54.1 Å². The lowest BCUT2D eigenvalue weighted by Gasteiger charge is -2.12. The zero-order valence-corrected chi connectivity index (χ0v) is 16.6. The van der Waals surface area contributed by atoms with Crippen LogP contribution in [0, 0.1) is 0 Å². The lowest BCUT2D eigenvalue weighted by atomic mass is 10.1. The minimum absolute atomic E-state index is 0.218. The van der Waals surface area contributed by atoms with Crippen molar-refractivity contribution < 1.29 is 8.42 Å². The van der Waals surface area contributed by atoms with Crippen molar-refractivity contribution in [3.05, 3.63) is 101 Å². The van der Waals surface area contributed by atoms with Gasteiger partial charge >= 0.3 is 0 Å². The molecule has 4 rings (SSSR count). The summed E-state index contributed by atoms with van der Waals surface area (Å²) >= 11 is 5.94. The molecule has 0 bridgehead atoms. The van der Waals surface area contributed by atoms with E-state index in [1.54, 1.807) is 12.1 Å². The quantitative estimate of drug-likeness (QED) is 0.495. The van der Waals surface area contributed by atoms with E-state index in [0.29, 0.717) is 11.6 Å². The van der Waals surface area contributed by atoms with Crippen LogP contribution in [0.15, 0.2) is 90.0 Å². The summed E-state index contributed by atoms with van der Waals surface area (Å²) in [6, 6.07) is 24.3. The Labute approximate surface area is 169 Å². The number of rotatable bonds is 6. The first kappa shape index (κ1) is 18.7. The Bertz CT molecular complexity index is 1210. The minimum atomic E-state index is -3.60. The highest BCUT2D eigenvalue weighted by atomic mass is 35.5. The fourth-order valence-electron chi connectivity index (χ4n) is 3.14. The molecule has 1 N–H and O–H groups in total. The number of sulfonamides is 1. The van der Waals surface area contributed by atoms with Crippen molar-refractivity contribution >= 4 is 32.4 Å². The van der Waals surface area contributed by atoms with E-state index in [1.807, 2.05) is 77.5 Å². The molecule has 3 aromatic carbocycles. The minimum Gasteiger partial charge on any atom is -0.346 e. The summed E-state index contributed by atoms with van der Waals surface area (Å²) < 4.78 is 30.2. The molecule has 1 heterocycles. The second kappa shape index (κ2) is 7.80. The van der Waals surface area contributed by atoms with Gasteiger partial charge in [0.15, 0.2) is 0 Å². The van der Waals surface area contributed by atoms with Crippen LogP contribution in [0.4, 0.5) is 0 Å². The number of fused-ring (bicyclic) bond motifs is 1. The summed E-state index contributed by atoms with van der Waals surface area (Å²) in [5, 5.41) is 2.61. The first-order valence-electron chi connectivity index (χ1n) is 8.88. The van der Waals surface area contributed by atoms with Gasteiger partial charge in [0.25, 0.3) is 0 Å².